The van der Waals surface area contributed by atoms with Crippen LogP contribution >= 0.6 is 0 Å². The lowest BCUT2D eigenvalue weighted by atomic mass is 10.2. The Morgan fingerprint density at radius 3 is 3.08 bits per heavy atom. The number of anilines is 3. The van der Waals surface area contributed by atoms with Gasteiger partial charge < -0.3 is 15.6 Å². The van der Waals surface area contributed by atoms with Crippen molar-refractivity contribution in [3.05, 3.63) is 48.3 Å². The van der Waals surface area contributed by atoms with E-state index in [-0.39, 0.29) is 0 Å². The summed E-state index contributed by atoms with van der Waals surface area (Å²) in [5.41, 5.74) is 2.84. The van der Waals surface area contributed by atoms with Crippen LogP contribution in [0.4, 0.5) is 17.5 Å². The Morgan fingerprint density at radius 2 is 2.24 bits per heavy atom. The van der Waals surface area contributed by atoms with Crippen LogP contribution < -0.4 is 10.6 Å². The largest absolute Gasteiger partial charge is 0.369 e. The fourth-order valence-corrected chi connectivity index (χ4v) is 2.67. The Labute approximate surface area is 145 Å². The summed E-state index contributed by atoms with van der Waals surface area (Å²) in [7, 11) is 0. The van der Waals surface area contributed by atoms with Crippen LogP contribution in [0.2, 0.25) is 0 Å². The average molecular weight is 330 g/mol. The Morgan fingerprint density at radius 1 is 1.32 bits per heavy atom. The van der Waals surface area contributed by atoms with Crippen LogP contribution in [0, 0.1) is 17.2 Å². The van der Waals surface area contributed by atoms with Crippen molar-refractivity contribution in [1.82, 2.24) is 15.0 Å². The number of H-pyrrole nitrogens is 1. The van der Waals surface area contributed by atoms with Crippen LogP contribution in [0.3, 0.4) is 0 Å². The van der Waals surface area contributed by atoms with Crippen molar-refractivity contribution in [1.29, 1.82) is 5.26 Å². The van der Waals surface area contributed by atoms with Crippen molar-refractivity contribution in [3.8, 4) is 6.07 Å². The lowest BCUT2D eigenvalue weighted by molar-refractivity contribution is 0.881. The highest BCUT2D eigenvalue weighted by Crippen LogP contribution is 2.29. The van der Waals surface area contributed by atoms with Crippen molar-refractivity contribution in [2.24, 2.45) is 5.92 Å². The van der Waals surface area contributed by atoms with Gasteiger partial charge in [-0.1, -0.05) is 0 Å². The summed E-state index contributed by atoms with van der Waals surface area (Å²) < 4.78 is 0. The van der Waals surface area contributed by atoms with E-state index in [4.69, 9.17) is 5.26 Å². The summed E-state index contributed by atoms with van der Waals surface area (Å²) >= 11 is 0. The number of hydrogen-bond acceptors (Lipinski definition) is 5. The zero-order valence-corrected chi connectivity index (χ0v) is 13.7. The van der Waals surface area contributed by atoms with E-state index in [1.54, 1.807) is 12.3 Å². The number of hydrogen-bond donors (Lipinski definition) is 3. The molecule has 0 aliphatic heterocycles. The van der Waals surface area contributed by atoms with Gasteiger partial charge in [0, 0.05) is 47.2 Å². The van der Waals surface area contributed by atoms with Gasteiger partial charge in [0.2, 0.25) is 5.95 Å². The summed E-state index contributed by atoms with van der Waals surface area (Å²) in [5.74, 6) is 2.01. The van der Waals surface area contributed by atoms with E-state index in [1.165, 1.54) is 18.9 Å². The topological polar surface area (TPSA) is 89.4 Å². The molecule has 3 N–H and O–H groups in total. The van der Waals surface area contributed by atoms with Crippen LogP contribution in [0.5, 0.6) is 0 Å². The standard InChI is InChI=1S/C19H18N6/c20-8-1-2-15-12-23-19(25-18(15)22-11-13-3-4-13)24-16-5-6-17-14(10-16)7-9-21-17/h1-2,5-7,9-10,12-13,21H,3-4,11H2,(H2,22,23,24,25)/b2-1+. The zero-order valence-electron chi connectivity index (χ0n) is 13.7. The molecule has 1 aliphatic rings. The van der Waals surface area contributed by atoms with Crippen LogP contribution in [-0.4, -0.2) is 21.5 Å². The van der Waals surface area contributed by atoms with Crippen molar-refractivity contribution in [3.63, 3.8) is 0 Å². The number of aromatic amines is 1. The van der Waals surface area contributed by atoms with Crippen molar-refractivity contribution < 1.29 is 0 Å². The molecular formula is C19H18N6. The first-order valence-electron chi connectivity index (χ1n) is 8.33. The van der Waals surface area contributed by atoms with E-state index in [0.717, 1.165) is 40.4 Å². The second-order valence-corrected chi connectivity index (χ2v) is 6.19. The molecule has 4 rings (SSSR count). The second kappa shape index (κ2) is 6.65. The van der Waals surface area contributed by atoms with Gasteiger partial charge in [-0.15, -0.1) is 0 Å². The highest BCUT2D eigenvalue weighted by atomic mass is 15.1. The minimum Gasteiger partial charge on any atom is -0.369 e. The van der Waals surface area contributed by atoms with Crippen LogP contribution in [0.15, 0.2) is 42.7 Å². The SMILES string of the molecule is N#C/C=C/c1cnc(Nc2ccc3[nH]ccc3c2)nc1NCC1CC1. The summed E-state index contributed by atoms with van der Waals surface area (Å²) in [5, 5.41) is 16.5. The summed E-state index contributed by atoms with van der Waals surface area (Å²) in [6.45, 7) is 0.902. The van der Waals surface area contributed by atoms with Crippen molar-refractivity contribution in [2.75, 3.05) is 17.2 Å². The Hall–Kier alpha value is -3.33. The van der Waals surface area contributed by atoms with Crippen molar-refractivity contribution in [2.45, 2.75) is 12.8 Å². The molecule has 6 heteroatoms. The third-order valence-corrected chi connectivity index (χ3v) is 4.22. The minimum absolute atomic E-state index is 0.530. The van der Waals surface area contributed by atoms with E-state index in [9.17, 15) is 0 Å². The molecule has 0 bridgehead atoms. The molecule has 0 unspecified atom stereocenters. The fraction of sp³-hybridized carbons (Fsp3) is 0.211. The first-order chi connectivity index (χ1) is 12.3. The van der Waals surface area contributed by atoms with E-state index in [2.05, 4.69) is 31.7 Å². The highest BCUT2D eigenvalue weighted by Gasteiger charge is 2.21. The van der Waals surface area contributed by atoms with Crippen LogP contribution in [0.1, 0.15) is 18.4 Å². The average Bonchev–Trinajstić information content (AvgIpc) is 3.34. The van der Waals surface area contributed by atoms with Gasteiger partial charge in [-0.3, -0.25) is 0 Å². The van der Waals surface area contributed by atoms with E-state index in [0.29, 0.717) is 5.95 Å². The molecule has 1 saturated carbocycles. The molecule has 0 radical (unpaired) electrons. The Kier molecular flexibility index (Phi) is 4.05. The molecule has 6 nitrogen and oxygen atoms in total. The molecule has 1 aliphatic carbocycles. The van der Waals surface area contributed by atoms with E-state index < -0.39 is 0 Å². The molecule has 0 atom stereocenters. The molecule has 124 valence electrons. The zero-order chi connectivity index (χ0) is 17.1. The molecule has 0 saturated heterocycles. The number of aromatic nitrogens is 3. The molecule has 0 spiro atoms. The Bertz CT molecular complexity index is 961. The van der Waals surface area contributed by atoms with Gasteiger partial charge in [-0.25, -0.2) is 4.98 Å². The first kappa shape index (κ1) is 15.2. The quantitative estimate of drug-likeness (QED) is 0.593. The third-order valence-electron chi connectivity index (χ3n) is 4.22. The molecule has 1 fully saturated rings. The number of allylic oxidation sites excluding steroid dienone is 1. The van der Waals surface area contributed by atoms with Gasteiger partial charge in [-0.05, 0) is 49.1 Å². The number of benzene rings is 1. The molecule has 2 aromatic heterocycles. The molecule has 0 amide bonds. The van der Waals surface area contributed by atoms with E-state index in [1.807, 2.05) is 30.5 Å². The van der Waals surface area contributed by atoms with Gasteiger partial charge in [0.05, 0.1) is 6.07 Å². The molecular weight excluding hydrogens is 312 g/mol. The number of fused-ring (bicyclic) bond motifs is 1. The second-order valence-electron chi connectivity index (χ2n) is 6.19. The minimum atomic E-state index is 0.530. The van der Waals surface area contributed by atoms with Gasteiger partial charge in [0.1, 0.15) is 5.82 Å². The lowest BCUT2D eigenvalue weighted by Gasteiger charge is -2.11. The molecule has 1 aromatic carbocycles. The molecule has 3 aromatic rings. The molecule has 25 heavy (non-hydrogen) atoms. The predicted molar refractivity (Wildman–Crippen MR) is 99.5 cm³/mol. The normalized spacial score (nSPS) is 13.9. The number of nitrogens with one attached hydrogen (secondary N) is 3. The summed E-state index contributed by atoms with van der Waals surface area (Å²) in [6, 6.07) is 10.1. The van der Waals surface area contributed by atoms with Gasteiger partial charge in [0.15, 0.2) is 0 Å². The number of nitriles is 1. The number of rotatable bonds is 6. The van der Waals surface area contributed by atoms with Gasteiger partial charge >= 0.3 is 0 Å². The summed E-state index contributed by atoms with van der Waals surface area (Å²) in [4.78, 5) is 12.1. The lowest BCUT2D eigenvalue weighted by Crippen LogP contribution is -2.08. The van der Waals surface area contributed by atoms with Crippen molar-refractivity contribution >= 4 is 34.4 Å². The molecule has 2 heterocycles. The highest BCUT2D eigenvalue weighted by molar-refractivity contribution is 5.83. The fourth-order valence-electron chi connectivity index (χ4n) is 2.67. The summed E-state index contributed by atoms with van der Waals surface area (Å²) in [6.07, 6.45) is 9.35. The first-order valence-corrected chi connectivity index (χ1v) is 8.33. The van der Waals surface area contributed by atoms with Crippen LogP contribution in [0.25, 0.3) is 17.0 Å². The maximum atomic E-state index is 8.75. The Balaban J connectivity index is 1.58. The van der Waals surface area contributed by atoms with Gasteiger partial charge in [-0.2, -0.15) is 10.2 Å². The number of nitrogens with zero attached hydrogens (tertiary/aromatic N) is 3. The maximum Gasteiger partial charge on any atom is 0.229 e. The predicted octanol–water partition coefficient (Wildman–Crippen LogP) is 4.06. The monoisotopic (exact) mass is 330 g/mol. The van der Waals surface area contributed by atoms with E-state index >= 15 is 0 Å². The van der Waals surface area contributed by atoms with Gasteiger partial charge in [0.25, 0.3) is 0 Å². The third kappa shape index (κ3) is 3.61. The smallest absolute Gasteiger partial charge is 0.229 e. The maximum absolute atomic E-state index is 8.75. The van der Waals surface area contributed by atoms with Crippen LogP contribution in [-0.2, 0) is 0 Å².